The molecule has 3 rings (SSSR count). The number of amides is 4. The molecule has 22 heteroatoms. The Morgan fingerprint density at radius 1 is 0.745 bits per heavy atom. The second kappa shape index (κ2) is 24.8. The van der Waals surface area contributed by atoms with Gasteiger partial charge >= 0.3 is 86.8 Å². The first-order valence-electron chi connectivity index (χ1n) is 15.8. The fourth-order valence-electron chi connectivity index (χ4n) is 4.57. The summed E-state index contributed by atoms with van der Waals surface area (Å²) in [6, 6.07) is 0. The van der Waals surface area contributed by atoms with Gasteiger partial charge in [-0.2, -0.15) is 26.3 Å². The predicted octanol–water partition coefficient (Wildman–Crippen LogP) is 2.60. The third kappa shape index (κ3) is 25.2. The van der Waals surface area contributed by atoms with Crippen molar-refractivity contribution in [2.45, 2.75) is 84.4 Å². The molecule has 0 saturated carbocycles. The zero-order chi connectivity index (χ0) is 38.9. The Bertz CT molecular complexity index is 1060. The predicted molar refractivity (Wildman–Crippen MR) is 195 cm³/mol. The van der Waals surface area contributed by atoms with Crippen LogP contribution >= 0.6 is 49.6 Å². The van der Waals surface area contributed by atoms with Crippen LogP contribution in [-0.2, 0) is 19.1 Å². The molecule has 0 aromatic carbocycles. The van der Waals surface area contributed by atoms with Crippen LogP contribution in [0.1, 0.15) is 60.8 Å². The number of hydrogen-bond donors (Lipinski definition) is 4. The fourth-order valence-corrected chi connectivity index (χ4v) is 4.57. The maximum absolute atomic E-state index is 12.0. The van der Waals surface area contributed by atoms with Crippen molar-refractivity contribution in [3.63, 3.8) is 0 Å². The average molecular weight is 1110 g/mol. The fraction of sp³-hybridized carbons (Fsp3) is 0.862. The van der Waals surface area contributed by atoms with Crippen molar-refractivity contribution in [2.24, 2.45) is 23.5 Å². The van der Waals surface area contributed by atoms with Crippen molar-refractivity contribution < 1.29 is 68.2 Å². The Balaban J connectivity index is 0. The van der Waals surface area contributed by atoms with E-state index in [0.717, 1.165) is 32.5 Å². The molecule has 4 amide bonds. The van der Waals surface area contributed by atoms with E-state index in [1.807, 2.05) is 31.4 Å². The smallest absolute Gasteiger partial charge is 0.348 e. The van der Waals surface area contributed by atoms with Gasteiger partial charge in [0.1, 0.15) is 11.2 Å². The summed E-state index contributed by atoms with van der Waals surface area (Å²) in [6.07, 6.45) is -7.98. The Morgan fingerprint density at radius 3 is 1.43 bits per heavy atom. The van der Waals surface area contributed by atoms with Gasteiger partial charge < -0.3 is 41.0 Å². The van der Waals surface area contributed by atoms with Crippen LogP contribution in [0.4, 0.5) is 35.9 Å². The van der Waals surface area contributed by atoms with Crippen molar-refractivity contribution in [3.8, 4) is 0 Å². The molecule has 0 aromatic rings. The number of nitrogens with zero attached hydrogens (tertiary/aromatic N) is 2. The van der Waals surface area contributed by atoms with Gasteiger partial charge in [-0.05, 0) is 98.2 Å². The first kappa shape index (κ1) is 52.6. The van der Waals surface area contributed by atoms with Gasteiger partial charge in [-0.3, -0.25) is 9.59 Å². The van der Waals surface area contributed by atoms with E-state index in [4.69, 9.17) is 15.2 Å². The molecule has 3 aliphatic heterocycles. The Labute approximate surface area is 331 Å². The van der Waals surface area contributed by atoms with Gasteiger partial charge in [0.15, 0.2) is 0 Å². The molecule has 51 heavy (non-hydrogen) atoms. The van der Waals surface area contributed by atoms with Crippen molar-refractivity contribution in [3.05, 3.63) is 0 Å². The normalized spacial score (nSPS) is 20.3. The molecule has 3 unspecified atom stereocenters. The molecule has 0 radical (unpaired) electrons. The SMILES string of the molecule is CC(C)(C)OC(=O)N1CCC(CN)C1.CC(C)(C)OC(=O)N1CCC(CNC(=O)C(F)(F)F)C1.Cl.I[I-]I.O=C(NCC1CCNC1)C(F)(F)F. The molecule has 12 nitrogen and oxygen atoms in total. The largest absolute Gasteiger partial charge is 0.471 e. The number of nitrogens with two attached hydrogens (primary N) is 1. The van der Waals surface area contributed by atoms with Gasteiger partial charge in [-0.1, -0.05) is 0 Å². The quantitative estimate of drug-likeness (QED) is 0.242. The summed E-state index contributed by atoms with van der Waals surface area (Å²) in [5.41, 5.74) is 4.53. The van der Waals surface area contributed by atoms with Crippen LogP contribution in [0.25, 0.3) is 0 Å². The summed E-state index contributed by atoms with van der Waals surface area (Å²) in [4.78, 5) is 47.6. The molecule has 0 aliphatic carbocycles. The molecule has 3 atom stereocenters. The summed E-state index contributed by atoms with van der Waals surface area (Å²) in [6.45, 7) is 15.2. The summed E-state index contributed by atoms with van der Waals surface area (Å²) < 4.78 is 81.6. The zero-order valence-electron chi connectivity index (χ0n) is 29.4. The number of halogens is 10. The van der Waals surface area contributed by atoms with Crippen molar-refractivity contribution in [1.82, 2.24) is 25.8 Å². The molecule has 3 fully saturated rings. The number of likely N-dealkylation sites (tertiary alicyclic amines) is 2. The van der Waals surface area contributed by atoms with Gasteiger partial charge in [-0.25, -0.2) is 9.59 Å². The van der Waals surface area contributed by atoms with Gasteiger partial charge in [0.2, 0.25) is 0 Å². The van der Waals surface area contributed by atoms with Crippen molar-refractivity contribution in [1.29, 1.82) is 0 Å². The van der Waals surface area contributed by atoms with Gasteiger partial charge in [0.05, 0.1) is 0 Å². The molecule has 3 aliphatic rings. The van der Waals surface area contributed by atoms with E-state index in [2.05, 4.69) is 42.5 Å². The molecule has 0 bridgehead atoms. The van der Waals surface area contributed by atoms with E-state index in [0.29, 0.717) is 45.2 Å². The topological polar surface area (TPSA) is 155 Å². The van der Waals surface area contributed by atoms with E-state index >= 15 is 0 Å². The van der Waals surface area contributed by atoms with E-state index in [1.165, 1.54) is 4.90 Å². The third-order valence-corrected chi connectivity index (χ3v) is 6.99. The standard InChI is InChI=1S/C12H19F3N2O3.C10H20N2O2.C7H11F3N2O.ClH.I3/c1-11(2,3)20-10(19)17-5-4-8(7-17)6-16-9(18)12(13,14)15;1-10(2,3)14-9(13)12-5-4-8(6-11)7-12;8-7(9,10)6(13)12-4-5-1-2-11-3-5;;1-3-2/h8H,4-7H2,1-3H3,(H,16,18);8H,4-7,11H2,1-3H3;5,11H,1-4H2,(H,12,13);1H;/q;;;;-1. The van der Waals surface area contributed by atoms with E-state index in [1.54, 1.807) is 25.7 Å². The number of hydrogen-bond acceptors (Lipinski definition) is 8. The van der Waals surface area contributed by atoms with Gasteiger partial charge in [0.25, 0.3) is 0 Å². The van der Waals surface area contributed by atoms with Crippen molar-refractivity contribution >= 4 is 73.6 Å². The summed E-state index contributed by atoms with van der Waals surface area (Å²) >= 11 is 5.30. The molecule has 0 spiro atoms. The number of ether oxygens (including phenoxy) is 2. The number of nitrogens with one attached hydrogen (secondary N) is 3. The van der Waals surface area contributed by atoms with Crippen LogP contribution in [0, 0.1) is 17.8 Å². The van der Waals surface area contributed by atoms with Crippen molar-refractivity contribution in [2.75, 3.05) is 58.9 Å². The van der Waals surface area contributed by atoms with Crippen LogP contribution in [0.2, 0.25) is 0 Å². The zero-order valence-corrected chi connectivity index (χ0v) is 36.7. The van der Waals surface area contributed by atoms with E-state index < -0.39 is 41.5 Å². The minimum Gasteiger partial charge on any atom is -0.348 e. The van der Waals surface area contributed by atoms with Crippen LogP contribution in [-0.4, -0.2) is 116 Å². The minimum absolute atomic E-state index is 0. The second-order valence-corrected chi connectivity index (χ2v) is 30.0. The molecule has 304 valence electrons. The van der Waals surface area contributed by atoms with E-state index in [9.17, 15) is 45.5 Å². The maximum Gasteiger partial charge on any atom is 0.471 e. The molecular weight excluding hydrogens is 1060 g/mol. The number of rotatable bonds is 5. The Morgan fingerprint density at radius 2 is 1.12 bits per heavy atom. The Kier molecular flexibility index (Phi) is 25.5. The average Bonchev–Trinajstić information content (AvgIpc) is 3.75. The molecule has 5 N–H and O–H groups in total. The summed E-state index contributed by atoms with van der Waals surface area (Å²) in [5, 5.41) is 6.69. The summed E-state index contributed by atoms with van der Waals surface area (Å²) in [7, 11) is 0. The molecular formula is C29H51ClF6I3N6O6-. The van der Waals surface area contributed by atoms with Gasteiger partial charge in [-0.15, -0.1) is 12.4 Å². The second-order valence-electron chi connectivity index (χ2n) is 13.7. The van der Waals surface area contributed by atoms with Crippen LogP contribution in [0.5, 0.6) is 0 Å². The molecule has 3 saturated heterocycles. The number of alkyl halides is 6. The number of carbonyl (C=O) groups excluding carboxylic acids is 4. The van der Waals surface area contributed by atoms with Gasteiger partial charge in [0, 0.05) is 39.3 Å². The van der Waals surface area contributed by atoms with Crippen LogP contribution in [0.3, 0.4) is 0 Å². The first-order valence-corrected chi connectivity index (χ1v) is 28.3. The number of carbonyl (C=O) groups is 4. The third-order valence-electron chi connectivity index (χ3n) is 6.99. The maximum atomic E-state index is 12.0. The molecule has 0 aromatic heterocycles. The Hall–Kier alpha value is -0.540. The monoisotopic (exact) mass is 1110 g/mol. The molecule has 3 heterocycles. The summed E-state index contributed by atoms with van der Waals surface area (Å²) in [5.74, 6) is -3.41. The van der Waals surface area contributed by atoms with E-state index in [-0.39, 0.29) is 50.0 Å². The first-order chi connectivity index (χ1) is 22.8. The van der Waals surface area contributed by atoms with Crippen LogP contribution < -0.4 is 34.9 Å². The minimum atomic E-state index is -4.87. The van der Waals surface area contributed by atoms with Crippen LogP contribution in [0.15, 0.2) is 0 Å².